The fourth-order valence-electron chi connectivity index (χ4n) is 3.70. The summed E-state index contributed by atoms with van der Waals surface area (Å²) in [6, 6.07) is 10.0. The Morgan fingerprint density at radius 1 is 1.04 bits per heavy atom. The average molecular weight is 363 g/mol. The molecule has 2 aliphatic rings. The summed E-state index contributed by atoms with van der Waals surface area (Å²) in [4.78, 5) is 21.1. The van der Waals surface area contributed by atoms with E-state index >= 15 is 0 Å². The van der Waals surface area contributed by atoms with Crippen molar-refractivity contribution >= 4 is 17.4 Å². The van der Waals surface area contributed by atoms with E-state index < -0.39 is 0 Å². The molecule has 1 aromatic carbocycles. The van der Waals surface area contributed by atoms with Gasteiger partial charge in [0.1, 0.15) is 11.6 Å². The maximum Gasteiger partial charge on any atom is 0.262 e. The zero-order valence-electron chi connectivity index (χ0n) is 14.7. The van der Waals surface area contributed by atoms with Gasteiger partial charge in [-0.3, -0.25) is 4.79 Å². The Bertz CT molecular complexity index is 1010. The first kappa shape index (κ1) is 16.0. The van der Waals surface area contributed by atoms with E-state index in [1.807, 2.05) is 12.1 Å². The van der Waals surface area contributed by atoms with Gasteiger partial charge in [-0.2, -0.15) is 5.10 Å². The van der Waals surface area contributed by atoms with Crippen molar-refractivity contribution in [1.82, 2.24) is 14.8 Å². The van der Waals surface area contributed by atoms with Crippen molar-refractivity contribution in [3.63, 3.8) is 0 Å². The summed E-state index contributed by atoms with van der Waals surface area (Å²) in [5, 5.41) is 4.54. The van der Waals surface area contributed by atoms with Gasteiger partial charge in [0.05, 0.1) is 29.7 Å². The van der Waals surface area contributed by atoms with Crippen molar-refractivity contribution in [3.8, 4) is 5.69 Å². The van der Waals surface area contributed by atoms with Gasteiger partial charge in [-0.05, 0) is 43.2 Å². The fraction of sp³-hybridized carbons (Fsp3) is 0.250. The number of hydrogen-bond acceptors (Lipinski definition) is 4. The molecule has 2 aliphatic heterocycles. The average Bonchev–Trinajstić information content (AvgIpc) is 3.40. The first-order chi connectivity index (χ1) is 13.2. The van der Waals surface area contributed by atoms with Crippen LogP contribution >= 0.6 is 0 Å². The third-order valence-corrected chi connectivity index (χ3v) is 5.12. The Balaban J connectivity index is 1.39. The Labute approximate surface area is 155 Å². The van der Waals surface area contributed by atoms with Crippen molar-refractivity contribution in [1.29, 1.82) is 0 Å². The lowest BCUT2D eigenvalue weighted by Crippen LogP contribution is -2.24. The predicted octanol–water partition coefficient (Wildman–Crippen LogP) is 3.17. The van der Waals surface area contributed by atoms with Crippen LogP contribution in [-0.4, -0.2) is 33.8 Å². The molecule has 1 saturated heterocycles. The smallest absolute Gasteiger partial charge is 0.262 e. The molecular formula is C20H18FN5O. The van der Waals surface area contributed by atoms with Crippen molar-refractivity contribution in [3.05, 3.63) is 65.9 Å². The van der Waals surface area contributed by atoms with Crippen LogP contribution in [0.5, 0.6) is 0 Å². The molecule has 0 N–H and O–H groups in total. The molecule has 0 radical (unpaired) electrons. The molecule has 0 bridgehead atoms. The van der Waals surface area contributed by atoms with Gasteiger partial charge >= 0.3 is 0 Å². The van der Waals surface area contributed by atoms with Crippen LogP contribution in [0.3, 0.4) is 0 Å². The number of anilines is 2. The second-order valence-electron chi connectivity index (χ2n) is 6.87. The van der Waals surface area contributed by atoms with Gasteiger partial charge < -0.3 is 9.80 Å². The fourth-order valence-corrected chi connectivity index (χ4v) is 3.70. The van der Waals surface area contributed by atoms with Crippen molar-refractivity contribution in [2.75, 3.05) is 22.9 Å². The van der Waals surface area contributed by atoms with Gasteiger partial charge in [0.2, 0.25) is 0 Å². The minimum Gasteiger partial charge on any atom is -0.357 e. The van der Waals surface area contributed by atoms with Crippen LogP contribution in [0.25, 0.3) is 5.69 Å². The number of carbonyl (C=O) groups excluding carboxylic acids is 1. The normalized spacial score (nSPS) is 16.3. The highest BCUT2D eigenvalue weighted by Crippen LogP contribution is 2.29. The van der Waals surface area contributed by atoms with E-state index in [1.54, 1.807) is 34.1 Å². The molecular weight excluding hydrogens is 345 g/mol. The minimum atomic E-state index is -0.362. The van der Waals surface area contributed by atoms with Crippen LogP contribution < -0.4 is 9.80 Å². The molecule has 7 heteroatoms. The van der Waals surface area contributed by atoms with Crippen LogP contribution in [0.4, 0.5) is 15.9 Å². The number of fused-ring (bicyclic) bond motifs is 1. The molecule has 4 heterocycles. The molecule has 0 saturated carbocycles. The highest BCUT2D eigenvalue weighted by molar-refractivity contribution is 6.09. The zero-order valence-corrected chi connectivity index (χ0v) is 14.7. The first-order valence-corrected chi connectivity index (χ1v) is 9.06. The maximum atomic E-state index is 13.5. The first-order valence-electron chi connectivity index (χ1n) is 9.06. The summed E-state index contributed by atoms with van der Waals surface area (Å²) in [5.74, 6) is 0.451. The predicted molar refractivity (Wildman–Crippen MR) is 99.7 cm³/mol. The Kier molecular flexibility index (Phi) is 3.67. The maximum absolute atomic E-state index is 13.5. The zero-order chi connectivity index (χ0) is 18.4. The largest absolute Gasteiger partial charge is 0.357 e. The van der Waals surface area contributed by atoms with Crippen LogP contribution in [-0.2, 0) is 6.54 Å². The molecule has 1 fully saturated rings. The van der Waals surface area contributed by atoms with Crippen LogP contribution in [0, 0.1) is 5.82 Å². The number of halogens is 1. The molecule has 0 spiro atoms. The monoisotopic (exact) mass is 363 g/mol. The Morgan fingerprint density at radius 3 is 2.59 bits per heavy atom. The topological polar surface area (TPSA) is 54.3 Å². The summed E-state index contributed by atoms with van der Waals surface area (Å²) < 4.78 is 15.2. The lowest BCUT2D eigenvalue weighted by Gasteiger charge is -2.17. The lowest BCUT2D eigenvalue weighted by molar-refractivity contribution is 0.0996. The number of benzene rings is 1. The van der Waals surface area contributed by atoms with Crippen molar-refractivity contribution in [2.45, 2.75) is 19.4 Å². The molecule has 0 unspecified atom stereocenters. The Hall–Kier alpha value is -3.22. The van der Waals surface area contributed by atoms with E-state index in [-0.39, 0.29) is 11.7 Å². The summed E-state index contributed by atoms with van der Waals surface area (Å²) in [5.41, 5.74) is 2.59. The summed E-state index contributed by atoms with van der Waals surface area (Å²) in [6.07, 6.45) is 5.92. The Morgan fingerprint density at radius 2 is 1.89 bits per heavy atom. The highest BCUT2D eigenvalue weighted by Gasteiger charge is 2.32. The van der Waals surface area contributed by atoms with E-state index in [1.165, 1.54) is 25.0 Å². The minimum absolute atomic E-state index is 0.163. The molecule has 3 aromatic rings. The number of pyridine rings is 1. The van der Waals surface area contributed by atoms with E-state index in [0.717, 1.165) is 24.6 Å². The van der Waals surface area contributed by atoms with Crippen molar-refractivity contribution in [2.24, 2.45) is 0 Å². The second kappa shape index (κ2) is 6.19. The van der Waals surface area contributed by atoms with Crippen LogP contribution in [0.15, 0.2) is 48.8 Å². The quantitative estimate of drug-likeness (QED) is 0.717. The molecule has 136 valence electrons. The van der Waals surface area contributed by atoms with E-state index in [4.69, 9.17) is 0 Å². The van der Waals surface area contributed by atoms with Gasteiger partial charge in [0.25, 0.3) is 5.91 Å². The standard InChI is InChI=1S/C20H18FN5O/c21-14-4-3-5-15(10-14)25-13-18-17(20(25)27)12-26(23-18)16-6-7-19(22-11-16)24-8-1-2-9-24/h3-7,10-12H,1-2,8-9,13H2. The van der Waals surface area contributed by atoms with Gasteiger partial charge in [-0.15, -0.1) is 0 Å². The summed E-state index contributed by atoms with van der Waals surface area (Å²) in [7, 11) is 0. The SMILES string of the molecule is O=C1c2cn(-c3ccc(N4CCCC4)nc3)nc2CN1c1cccc(F)c1. The van der Waals surface area contributed by atoms with Crippen LogP contribution in [0.1, 0.15) is 28.9 Å². The molecule has 5 rings (SSSR count). The molecule has 2 aromatic heterocycles. The summed E-state index contributed by atoms with van der Waals surface area (Å²) >= 11 is 0. The van der Waals surface area contributed by atoms with Gasteiger partial charge in [0, 0.05) is 25.0 Å². The van der Waals surface area contributed by atoms with Crippen molar-refractivity contribution < 1.29 is 9.18 Å². The van der Waals surface area contributed by atoms with Crippen LogP contribution in [0.2, 0.25) is 0 Å². The highest BCUT2D eigenvalue weighted by atomic mass is 19.1. The van der Waals surface area contributed by atoms with Gasteiger partial charge in [-0.25, -0.2) is 14.1 Å². The third kappa shape index (κ3) is 2.75. The number of nitrogens with zero attached hydrogens (tertiary/aromatic N) is 5. The molecule has 0 atom stereocenters. The number of carbonyl (C=O) groups is 1. The van der Waals surface area contributed by atoms with E-state index in [2.05, 4.69) is 15.0 Å². The van der Waals surface area contributed by atoms with E-state index in [9.17, 15) is 9.18 Å². The molecule has 1 amide bonds. The lowest BCUT2D eigenvalue weighted by atomic mass is 10.3. The number of hydrogen-bond donors (Lipinski definition) is 0. The van der Waals surface area contributed by atoms with Gasteiger partial charge in [0.15, 0.2) is 0 Å². The van der Waals surface area contributed by atoms with Gasteiger partial charge in [-0.1, -0.05) is 6.07 Å². The molecule has 0 aliphatic carbocycles. The number of rotatable bonds is 3. The second-order valence-corrected chi connectivity index (χ2v) is 6.87. The number of amides is 1. The number of aromatic nitrogens is 3. The molecule has 6 nitrogen and oxygen atoms in total. The van der Waals surface area contributed by atoms with E-state index in [0.29, 0.717) is 23.5 Å². The summed E-state index contributed by atoms with van der Waals surface area (Å²) in [6.45, 7) is 2.43. The third-order valence-electron chi connectivity index (χ3n) is 5.12. The molecule has 27 heavy (non-hydrogen) atoms.